The number of aryl methyl sites for hydroxylation is 1. The van der Waals surface area contributed by atoms with Crippen LogP contribution in [0.2, 0.25) is 0 Å². The van der Waals surface area contributed by atoms with Gasteiger partial charge < -0.3 is 9.32 Å². The molecule has 1 unspecified atom stereocenters. The maximum absolute atomic E-state index is 12.1. The van der Waals surface area contributed by atoms with Crippen LogP contribution in [0, 0.1) is 12.8 Å². The van der Waals surface area contributed by atoms with E-state index in [4.69, 9.17) is 15.1 Å². The van der Waals surface area contributed by atoms with Crippen LogP contribution in [0.5, 0.6) is 0 Å². The molecule has 0 spiro atoms. The highest BCUT2D eigenvalue weighted by Crippen LogP contribution is 2.25. The topological polar surface area (TPSA) is 67.6 Å². The number of nitrogens with zero attached hydrogens (tertiary/aromatic N) is 1. The third-order valence-corrected chi connectivity index (χ3v) is 4.49. The molecule has 0 N–H and O–H groups in total. The SMILES string of the molecule is Cc1oc(C(=O)N2CCC(C)C2)cc1S(=O)(=O)Cl. The van der Waals surface area contributed by atoms with E-state index in [1.807, 2.05) is 0 Å². The van der Waals surface area contributed by atoms with Crippen molar-refractivity contribution >= 4 is 25.6 Å². The summed E-state index contributed by atoms with van der Waals surface area (Å²) in [6.07, 6.45) is 0.950. The van der Waals surface area contributed by atoms with E-state index >= 15 is 0 Å². The van der Waals surface area contributed by atoms with Crippen molar-refractivity contribution < 1.29 is 17.6 Å². The molecule has 0 radical (unpaired) electrons. The van der Waals surface area contributed by atoms with Crippen molar-refractivity contribution in [3.63, 3.8) is 0 Å². The van der Waals surface area contributed by atoms with Crippen LogP contribution >= 0.6 is 10.7 Å². The molecule has 1 aliphatic heterocycles. The minimum absolute atomic E-state index is 0.0285. The van der Waals surface area contributed by atoms with Gasteiger partial charge in [-0.1, -0.05) is 6.92 Å². The van der Waals surface area contributed by atoms with Crippen LogP contribution in [0.15, 0.2) is 15.4 Å². The summed E-state index contributed by atoms with van der Waals surface area (Å²) in [7, 11) is 1.38. The molecule has 0 aliphatic carbocycles. The summed E-state index contributed by atoms with van der Waals surface area (Å²) in [5.74, 6) is 0.344. The number of furan rings is 1. The Morgan fingerprint density at radius 1 is 1.56 bits per heavy atom. The van der Waals surface area contributed by atoms with Gasteiger partial charge in [0.25, 0.3) is 15.0 Å². The zero-order chi connectivity index (χ0) is 13.5. The van der Waals surface area contributed by atoms with E-state index in [1.54, 1.807) is 4.90 Å². The van der Waals surface area contributed by atoms with Crippen molar-refractivity contribution in [2.24, 2.45) is 5.92 Å². The summed E-state index contributed by atoms with van der Waals surface area (Å²) >= 11 is 0. The Kier molecular flexibility index (Phi) is 3.42. The molecule has 0 bridgehead atoms. The second-order valence-electron chi connectivity index (χ2n) is 4.61. The molecule has 1 saturated heterocycles. The average Bonchev–Trinajstić information content (AvgIpc) is 2.82. The average molecular weight is 292 g/mol. The van der Waals surface area contributed by atoms with Gasteiger partial charge in [-0.05, 0) is 19.3 Å². The zero-order valence-corrected chi connectivity index (χ0v) is 11.7. The molecule has 7 heteroatoms. The van der Waals surface area contributed by atoms with E-state index in [-0.39, 0.29) is 22.3 Å². The van der Waals surface area contributed by atoms with Crippen LogP contribution in [-0.2, 0) is 9.05 Å². The lowest BCUT2D eigenvalue weighted by molar-refractivity contribution is 0.0755. The molecule has 2 heterocycles. The normalized spacial score (nSPS) is 20.4. The molecule has 0 saturated carbocycles. The van der Waals surface area contributed by atoms with Crippen molar-refractivity contribution in [1.82, 2.24) is 4.90 Å². The van der Waals surface area contributed by atoms with Crippen LogP contribution in [0.3, 0.4) is 0 Å². The number of hydrogen-bond acceptors (Lipinski definition) is 4. The highest BCUT2D eigenvalue weighted by atomic mass is 35.7. The first-order valence-corrected chi connectivity index (χ1v) is 7.94. The van der Waals surface area contributed by atoms with E-state index in [2.05, 4.69) is 6.92 Å². The summed E-state index contributed by atoms with van der Waals surface area (Å²) in [5, 5.41) is 0. The molecule has 1 amide bonds. The number of hydrogen-bond donors (Lipinski definition) is 0. The molecule has 1 aromatic heterocycles. The fraction of sp³-hybridized carbons (Fsp3) is 0.545. The summed E-state index contributed by atoms with van der Waals surface area (Å²) in [5.41, 5.74) is 0. The second-order valence-corrected chi connectivity index (χ2v) is 7.15. The van der Waals surface area contributed by atoms with Gasteiger partial charge in [-0.15, -0.1) is 0 Å². The summed E-state index contributed by atoms with van der Waals surface area (Å²) < 4.78 is 27.7. The second kappa shape index (κ2) is 4.59. The van der Waals surface area contributed by atoms with Gasteiger partial charge in [0.15, 0.2) is 5.76 Å². The lowest BCUT2D eigenvalue weighted by atomic mass is 10.2. The van der Waals surface area contributed by atoms with Crippen LogP contribution in [0.4, 0.5) is 0 Å². The quantitative estimate of drug-likeness (QED) is 0.782. The maximum Gasteiger partial charge on any atom is 0.289 e. The molecule has 1 aliphatic rings. The lowest BCUT2D eigenvalue weighted by Gasteiger charge is -2.13. The van der Waals surface area contributed by atoms with Gasteiger partial charge in [0.2, 0.25) is 0 Å². The zero-order valence-electron chi connectivity index (χ0n) is 10.1. The first kappa shape index (κ1) is 13.4. The van der Waals surface area contributed by atoms with Gasteiger partial charge in [-0.3, -0.25) is 4.79 Å². The maximum atomic E-state index is 12.1. The first-order chi connectivity index (χ1) is 8.29. The first-order valence-electron chi connectivity index (χ1n) is 5.63. The Morgan fingerprint density at radius 2 is 2.22 bits per heavy atom. The van der Waals surface area contributed by atoms with Gasteiger partial charge in [-0.25, -0.2) is 8.42 Å². The third kappa shape index (κ3) is 2.54. The number of halogens is 1. The molecular formula is C11H14ClNO4S. The minimum Gasteiger partial charge on any atom is -0.455 e. The lowest BCUT2D eigenvalue weighted by Crippen LogP contribution is -2.28. The molecule has 1 fully saturated rings. The van der Waals surface area contributed by atoms with Gasteiger partial charge in [0.05, 0.1) is 0 Å². The largest absolute Gasteiger partial charge is 0.455 e. The van der Waals surface area contributed by atoms with Gasteiger partial charge in [0, 0.05) is 29.8 Å². The minimum atomic E-state index is -3.87. The molecular weight excluding hydrogens is 278 g/mol. The Labute approximate surface area is 110 Å². The molecule has 1 aromatic rings. The molecule has 18 heavy (non-hydrogen) atoms. The van der Waals surface area contributed by atoms with Crippen LogP contribution in [-0.4, -0.2) is 32.3 Å². The van der Waals surface area contributed by atoms with Crippen molar-refractivity contribution in [2.75, 3.05) is 13.1 Å². The van der Waals surface area contributed by atoms with Crippen molar-refractivity contribution in [3.05, 3.63) is 17.6 Å². The molecule has 2 rings (SSSR count). The van der Waals surface area contributed by atoms with Gasteiger partial charge in [-0.2, -0.15) is 0 Å². The Balaban J connectivity index is 2.27. The van der Waals surface area contributed by atoms with Crippen molar-refractivity contribution in [1.29, 1.82) is 0 Å². The number of carbonyl (C=O) groups is 1. The van der Waals surface area contributed by atoms with E-state index in [0.717, 1.165) is 6.42 Å². The van der Waals surface area contributed by atoms with E-state index in [9.17, 15) is 13.2 Å². The van der Waals surface area contributed by atoms with E-state index < -0.39 is 9.05 Å². The Bertz CT molecular complexity index is 578. The van der Waals surface area contributed by atoms with Crippen molar-refractivity contribution in [2.45, 2.75) is 25.2 Å². The third-order valence-electron chi connectivity index (χ3n) is 3.06. The number of rotatable bonds is 2. The summed E-state index contributed by atoms with van der Waals surface area (Å²) in [6.45, 7) is 4.87. The van der Waals surface area contributed by atoms with Crippen LogP contribution in [0.25, 0.3) is 0 Å². The van der Waals surface area contributed by atoms with Crippen LogP contribution in [0.1, 0.15) is 29.7 Å². The summed E-state index contributed by atoms with van der Waals surface area (Å²) in [4.78, 5) is 13.6. The fourth-order valence-corrected chi connectivity index (χ4v) is 3.18. The van der Waals surface area contributed by atoms with Crippen LogP contribution < -0.4 is 0 Å². The van der Waals surface area contributed by atoms with Gasteiger partial charge >= 0.3 is 0 Å². The number of likely N-dealkylation sites (tertiary alicyclic amines) is 1. The standard InChI is InChI=1S/C11H14ClNO4S/c1-7-3-4-13(6-7)11(14)9-5-10(8(2)17-9)18(12,15)16/h5,7H,3-4,6H2,1-2H3. The monoisotopic (exact) mass is 291 g/mol. The predicted molar refractivity (Wildman–Crippen MR) is 66.2 cm³/mol. The Hall–Kier alpha value is -1.01. The molecule has 0 aromatic carbocycles. The van der Waals surface area contributed by atoms with E-state index in [0.29, 0.717) is 19.0 Å². The molecule has 5 nitrogen and oxygen atoms in total. The smallest absolute Gasteiger partial charge is 0.289 e. The predicted octanol–water partition coefficient (Wildman–Crippen LogP) is 2.00. The number of carbonyl (C=O) groups excluding carboxylic acids is 1. The van der Waals surface area contributed by atoms with Gasteiger partial charge in [0.1, 0.15) is 10.7 Å². The highest BCUT2D eigenvalue weighted by molar-refractivity contribution is 8.13. The molecule has 100 valence electrons. The van der Waals surface area contributed by atoms with E-state index in [1.165, 1.54) is 13.0 Å². The molecule has 1 atom stereocenters. The Morgan fingerprint density at radius 3 is 2.67 bits per heavy atom. The highest BCUT2D eigenvalue weighted by Gasteiger charge is 2.28. The van der Waals surface area contributed by atoms with Crippen molar-refractivity contribution in [3.8, 4) is 0 Å². The fourth-order valence-electron chi connectivity index (χ4n) is 2.09. The number of amides is 1. The summed E-state index contributed by atoms with van der Waals surface area (Å²) in [6, 6.07) is 1.20.